The third-order valence-corrected chi connectivity index (χ3v) is 10.4. The van der Waals surface area contributed by atoms with Gasteiger partial charge in [0, 0.05) is 42.7 Å². The summed E-state index contributed by atoms with van der Waals surface area (Å²) in [6.45, 7) is 4.86. The summed E-state index contributed by atoms with van der Waals surface area (Å²) in [6, 6.07) is 30.6. The molecule has 4 aromatic carbocycles. The number of carbonyl (C=O) groups excluding carboxylic acids is 2. The maximum atomic E-state index is 13.7. The van der Waals surface area contributed by atoms with Crippen molar-refractivity contribution in [2.75, 3.05) is 44.2 Å². The number of pyridine rings is 1. The Hall–Kier alpha value is -5.69. The number of aromatic amines is 1. The van der Waals surface area contributed by atoms with Gasteiger partial charge in [0.2, 0.25) is 5.56 Å². The number of phenols is 1. The summed E-state index contributed by atoms with van der Waals surface area (Å²) in [6.07, 6.45) is 1.46. The highest BCUT2D eigenvalue weighted by atomic mass is 16.6. The molecular formula is C43H47N5O7. The second-order valence-electron chi connectivity index (χ2n) is 14.2. The molecule has 3 saturated heterocycles. The van der Waals surface area contributed by atoms with Crippen molar-refractivity contribution in [3.8, 4) is 11.5 Å². The van der Waals surface area contributed by atoms with E-state index in [1.165, 1.54) is 12.1 Å². The normalized spacial score (nSPS) is 18.1. The second-order valence-corrected chi connectivity index (χ2v) is 14.2. The van der Waals surface area contributed by atoms with Gasteiger partial charge in [0.25, 0.3) is 5.91 Å². The Morgan fingerprint density at radius 3 is 2.47 bits per heavy atom. The summed E-state index contributed by atoms with van der Waals surface area (Å²) in [5, 5.41) is 27.5. The van der Waals surface area contributed by atoms with Gasteiger partial charge in [-0.15, -0.1) is 0 Å². The lowest BCUT2D eigenvalue weighted by atomic mass is 9.86. The number of anilines is 1. The lowest BCUT2D eigenvalue weighted by Crippen LogP contribution is -2.53. The third-order valence-electron chi connectivity index (χ3n) is 10.4. The van der Waals surface area contributed by atoms with Crippen molar-refractivity contribution >= 4 is 28.6 Å². The van der Waals surface area contributed by atoms with E-state index in [4.69, 9.17) is 9.47 Å². The predicted octanol–water partition coefficient (Wildman–Crippen LogP) is 5.49. The Kier molecular flexibility index (Phi) is 12.1. The number of aliphatic hydroxyl groups is 1. The van der Waals surface area contributed by atoms with Crippen LogP contribution in [0.2, 0.25) is 0 Å². The van der Waals surface area contributed by atoms with Crippen LogP contribution in [0.15, 0.2) is 108 Å². The van der Waals surface area contributed by atoms with Crippen molar-refractivity contribution in [3.63, 3.8) is 0 Å². The van der Waals surface area contributed by atoms with E-state index in [1.807, 2.05) is 66.7 Å². The highest BCUT2D eigenvalue weighted by Crippen LogP contribution is 2.32. The van der Waals surface area contributed by atoms with Gasteiger partial charge in [0.15, 0.2) is 0 Å². The van der Waals surface area contributed by atoms with Crippen LogP contribution in [-0.4, -0.2) is 77.5 Å². The summed E-state index contributed by atoms with van der Waals surface area (Å²) in [4.78, 5) is 44.8. The maximum absolute atomic E-state index is 13.7. The Bertz CT molecular complexity index is 2130. The number of phenolic OH excluding ortho intramolecular Hbond substituents is 1. The Balaban J connectivity index is 0.873. The number of aliphatic hydroxyl groups excluding tert-OH is 1. The molecule has 3 aliphatic heterocycles. The van der Waals surface area contributed by atoms with Crippen molar-refractivity contribution < 1.29 is 29.3 Å². The smallest absolute Gasteiger partial charge is 0.414 e. The van der Waals surface area contributed by atoms with Crippen LogP contribution in [0.25, 0.3) is 10.9 Å². The first-order valence-corrected chi connectivity index (χ1v) is 18.9. The maximum Gasteiger partial charge on any atom is 0.414 e. The van der Waals surface area contributed by atoms with Crippen LogP contribution < -0.4 is 25.8 Å². The fraction of sp³-hybridized carbons (Fsp3) is 0.326. The van der Waals surface area contributed by atoms with E-state index in [2.05, 4.69) is 20.5 Å². The highest BCUT2D eigenvalue weighted by molar-refractivity contribution is 5.94. The minimum atomic E-state index is -0.854. The number of nitrogens with one attached hydrogen (secondary N) is 3. The zero-order valence-corrected chi connectivity index (χ0v) is 30.7. The number of H-pyrrole nitrogens is 1. The number of fused-ring (bicyclic) bond motifs is 4. The molecule has 0 saturated carbocycles. The number of hydrogen-bond donors (Lipinski definition) is 5. The zero-order chi connectivity index (χ0) is 38.1. The van der Waals surface area contributed by atoms with Gasteiger partial charge in [-0.1, -0.05) is 54.6 Å². The molecule has 8 rings (SSSR count). The SMILES string of the molecule is O=C(NCCCNC[C@H](O)c1ccc(O)c2[nH]c(=O)ccc12)c1ccc(COc2cccc(N(Cc3ccccc3)C(=O)O[C@H]3CN4CCC3CC4)c2)cc1. The summed E-state index contributed by atoms with van der Waals surface area (Å²) >= 11 is 0. The number of ether oxygens (including phenoxy) is 2. The lowest BCUT2D eigenvalue weighted by molar-refractivity contribution is -0.0311. The Labute approximate surface area is 319 Å². The monoisotopic (exact) mass is 745 g/mol. The average molecular weight is 746 g/mol. The average Bonchev–Trinajstić information content (AvgIpc) is 3.21. The topological polar surface area (TPSA) is 156 Å². The molecule has 0 aliphatic carbocycles. The van der Waals surface area contributed by atoms with Crippen LogP contribution in [0.5, 0.6) is 11.5 Å². The van der Waals surface area contributed by atoms with E-state index in [1.54, 1.807) is 29.2 Å². The van der Waals surface area contributed by atoms with E-state index in [9.17, 15) is 24.6 Å². The second kappa shape index (κ2) is 17.6. The molecule has 55 heavy (non-hydrogen) atoms. The molecule has 12 nitrogen and oxygen atoms in total. The van der Waals surface area contributed by atoms with Crippen molar-refractivity contribution in [2.24, 2.45) is 5.92 Å². The highest BCUT2D eigenvalue weighted by Gasteiger charge is 2.37. The molecule has 4 heterocycles. The van der Waals surface area contributed by atoms with Gasteiger partial charge in [0.1, 0.15) is 24.2 Å². The number of amides is 2. The standard InChI is InChI=1S/C43H47N5O7/c49-37-16-14-35(36-15-17-40(51)46-41(36)37)38(50)25-44-20-5-21-45-42(52)32-12-10-30(11-13-32)28-54-34-9-4-8-33(24-34)48(26-29-6-2-1-3-7-29)43(53)55-39-27-47-22-18-31(39)19-23-47/h1-4,6-17,24,31,38-39,44,49-50H,5,18-23,25-28H2,(H,45,52)(H,46,51)/t38-,39-/m0/s1. The number of rotatable bonds is 15. The molecule has 2 amide bonds. The van der Waals surface area contributed by atoms with Gasteiger partial charge in [-0.2, -0.15) is 0 Å². The molecule has 3 fully saturated rings. The third kappa shape index (κ3) is 9.52. The van der Waals surface area contributed by atoms with Gasteiger partial charge >= 0.3 is 6.09 Å². The first-order chi connectivity index (χ1) is 26.8. The van der Waals surface area contributed by atoms with Crippen LogP contribution in [-0.2, 0) is 17.9 Å². The van der Waals surface area contributed by atoms with Crippen LogP contribution in [0, 0.1) is 5.92 Å². The van der Waals surface area contributed by atoms with Crippen molar-refractivity contribution in [2.45, 2.75) is 44.6 Å². The molecule has 2 bridgehead atoms. The van der Waals surface area contributed by atoms with E-state index in [-0.39, 0.29) is 42.6 Å². The molecule has 0 unspecified atom stereocenters. The van der Waals surface area contributed by atoms with Crippen molar-refractivity contribution in [3.05, 3.63) is 136 Å². The van der Waals surface area contributed by atoms with Gasteiger partial charge in [0.05, 0.1) is 23.9 Å². The summed E-state index contributed by atoms with van der Waals surface area (Å²) in [5.74, 6) is 0.777. The Morgan fingerprint density at radius 1 is 0.909 bits per heavy atom. The van der Waals surface area contributed by atoms with Gasteiger partial charge < -0.3 is 35.3 Å². The number of piperidine rings is 3. The molecule has 3 aliphatic rings. The fourth-order valence-corrected chi connectivity index (χ4v) is 7.34. The molecular weight excluding hydrogens is 699 g/mol. The van der Waals surface area contributed by atoms with Crippen molar-refractivity contribution in [1.29, 1.82) is 0 Å². The quantitative estimate of drug-likeness (QED) is 0.0875. The number of aromatic nitrogens is 1. The summed E-state index contributed by atoms with van der Waals surface area (Å²) in [7, 11) is 0. The fourth-order valence-electron chi connectivity index (χ4n) is 7.34. The molecule has 5 N–H and O–H groups in total. The summed E-state index contributed by atoms with van der Waals surface area (Å²) in [5.41, 5.74) is 3.66. The molecule has 12 heteroatoms. The summed E-state index contributed by atoms with van der Waals surface area (Å²) < 4.78 is 12.3. The minimum absolute atomic E-state index is 0.0568. The number of nitrogens with zero attached hydrogens (tertiary/aromatic N) is 2. The van der Waals surface area contributed by atoms with Gasteiger partial charge in [-0.3, -0.25) is 19.4 Å². The molecule has 1 aromatic heterocycles. The van der Waals surface area contributed by atoms with E-state index < -0.39 is 6.10 Å². The van der Waals surface area contributed by atoms with Crippen LogP contribution in [0.4, 0.5) is 10.5 Å². The van der Waals surface area contributed by atoms with Gasteiger partial charge in [-0.05, 0) is 97.9 Å². The van der Waals surface area contributed by atoms with E-state index >= 15 is 0 Å². The first kappa shape index (κ1) is 37.6. The molecule has 2 atom stereocenters. The Morgan fingerprint density at radius 2 is 1.71 bits per heavy atom. The van der Waals surface area contributed by atoms with E-state index in [0.29, 0.717) is 65.4 Å². The van der Waals surface area contributed by atoms with Gasteiger partial charge in [-0.25, -0.2) is 4.79 Å². The van der Waals surface area contributed by atoms with E-state index in [0.717, 1.165) is 43.6 Å². The predicted molar refractivity (Wildman–Crippen MR) is 210 cm³/mol. The number of carbonyl (C=O) groups is 2. The lowest BCUT2D eigenvalue weighted by Gasteiger charge is -2.44. The number of hydrogen-bond acceptors (Lipinski definition) is 9. The molecule has 5 aromatic rings. The largest absolute Gasteiger partial charge is 0.506 e. The first-order valence-electron chi connectivity index (χ1n) is 18.9. The zero-order valence-electron chi connectivity index (χ0n) is 30.7. The van der Waals surface area contributed by atoms with Crippen molar-refractivity contribution in [1.82, 2.24) is 20.5 Å². The molecule has 0 radical (unpaired) electrons. The minimum Gasteiger partial charge on any atom is -0.506 e. The molecule has 0 spiro atoms. The van der Waals surface area contributed by atoms with Crippen LogP contribution >= 0.6 is 0 Å². The number of benzene rings is 4. The number of aromatic hydroxyl groups is 1. The molecule has 286 valence electrons. The van der Waals surface area contributed by atoms with Crippen LogP contribution in [0.3, 0.4) is 0 Å². The van der Waals surface area contributed by atoms with Crippen LogP contribution in [0.1, 0.15) is 52.4 Å².